The van der Waals surface area contributed by atoms with Gasteiger partial charge < -0.3 is 47.0 Å². The molecule has 18 nitrogen and oxygen atoms in total. The SMILES string of the molecule is CN[C@@H](C)C(=O)N[C@H](C(=O)N1C/C(=N\C(=O)c2ccc(CCc3ccc(C(=O)N[C@@H]4C[C@@H](C(=O)N[C@@H]5CCCc6ccccc65)N(C(=O)[C@@H](NC(=O)[C@H](C)NC)C(C)(C)C)C4)cc3)cc2)C[C@H]1C(=O)N[C@@H]1CCCc2ccccc21)C(C)(C)C. The van der Waals surface area contributed by atoms with Crippen LogP contribution in [-0.4, -0.2) is 132 Å². The van der Waals surface area contributed by atoms with Crippen LogP contribution in [0.15, 0.2) is 102 Å². The molecule has 0 spiro atoms. The first kappa shape index (κ1) is 62.5. The van der Waals surface area contributed by atoms with Crippen molar-refractivity contribution in [2.75, 3.05) is 27.2 Å². The average molecular weight is 1150 g/mol. The van der Waals surface area contributed by atoms with Crippen LogP contribution >= 0.6 is 0 Å². The lowest BCUT2D eigenvalue weighted by Gasteiger charge is -2.36. The lowest BCUT2D eigenvalue weighted by atomic mass is 9.85. The molecule has 84 heavy (non-hydrogen) atoms. The van der Waals surface area contributed by atoms with Crippen molar-refractivity contribution in [3.63, 3.8) is 0 Å². The highest BCUT2D eigenvalue weighted by Crippen LogP contribution is 2.34. The molecule has 8 rings (SSSR count). The van der Waals surface area contributed by atoms with Crippen LogP contribution in [0, 0.1) is 10.8 Å². The van der Waals surface area contributed by atoms with Crippen molar-refractivity contribution in [2.45, 2.75) is 174 Å². The molecule has 18 heteroatoms. The Balaban J connectivity index is 0.907. The molecule has 2 saturated heterocycles. The summed E-state index contributed by atoms with van der Waals surface area (Å²) in [4.78, 5) is 119. The van der Waals surface area contributed by atoms with Crippen LogP contribution in [0.1, 0.15) is 160 Å². The maximum absolute atomic E-state index is 14.6. The molecule has 2 fully saturated rings. The van der Waals surface area contributed by atoms with Gasteiger partial charge in [-0.2, -0.15) is 0 Å². The van der Waals surface area contributed by atoms with E-state index in [2.05, 4.69) is 54.3 Å². The number of hydrogen-bond donors (Lipinski definition) is 7. The third-order valence-electron chi connectivity index (χ3n) is 17.2. The summed E-state index contributed by atoms with van der Waals surface area (Å²) in [6.07, 6.45) is 6.71. The molecule has 0 bridgehead atoms. The van der Waals surface area contributed by atoms with Crippen LogP contribution < -0.4 is 37.2 Å². The van der Waals surface area contributed by atoms with E-state index in [9.17, 15) is 38.4 Å². The van der Waals surface area contributed by atoms with Gasteiger partial charge in [0.15, 0.2) is 0 Å². The van der Waals surface area contributed by atoms with Crippen LogP contribution in [0.25, 0.3) is 0 Å². The molecule has 0 unspecified atom stereocenters. The first-order chi connectivity index (χ1) is 39.9. The minimum absolute atomic E-state index is 0.0560. The number of rotatable bonds is 18. The van der Waals surface area contributed by atoms with Gasteiger partial charge in [-0.1, -0.05) is 114 Å². The van der Waals surface area contributed by atoms with Gasteiger partial charge in [-0.3, -0.25) is 38.4 Å². The van der Waals surface area contributed by atoms with Crippen molar-refractivity contribution in [1.29, 1.82) is 0 Å². The Hall–Kier alpha value is -7.57. The number of nitrogens with zero attached hydrogens (tertiary/aromatic N) is 3. The van der Waals surface area contributed by atoms with Crippen molar-refractivity contribution in [2.24, 2.45) is 15.8 Å². The fraction of sp³-hybridized carbons (Fsp3) is 0.500. The van der Waals surface area contributed by atoms with Gasteiger partial charge in [0.25, 0.3) is 11.8 Å². The van der Waals surface area contributed by atoms with Gasteiger partial charge in [-0.15, -0.1) is 0 Å². The Labute approximate surface area is 494 Å². The number of amides is 8. The van der Waals surface area contributed by atoms with E-state index in [0.29, 0.717) is 29.7 Å². The second kappa shape index (κ2) is 27.0. The Kier molecular flexibility index (Phi) is 20.1. The van der Waals surface area contributed by atoms with Crippen molar-refractivity contribution in [1.82, 2.24) is 47.0 Å². The molecule has 4 aliphatic rings. The molecule has 8 amide bonds. The van der Waals surface area contributed by atoms with Crippen molar-refractivity contribution in [3.05, 3.63) is 142 Å². The largest absolute Gasteiger partial charge is 0.347 e. The molecular formula is C66H86N10O8. The predicted molar refractivity (Wildman–Crippen MR) is 324 cm³/mol. The number of nitrogens with one attached hydrogen (secondary N) is 7. The number of benzene rings is 4. The van der Waals surface area contributed by atoms with Crippen LogP contribution in [0.4, 0.5) is 0 Å². The Morgan fingerprint density at radius 2 is 1.02 bits per heavy atom. The first-order valence-corrected chi connectivity index (χ1v) is 29.9. The molecule has 9 atom stereocenters. The van der Waals surface area contributed by atoms with E-state index in [1.54, 1.807) is 52.2 Å². The van der Waals surface area contributed by atoms with E-state index >= 15 is 0 Å². The van der Waals surface area contributed by atoms with E-state index in [0.717, 1.165) is 60.8 Å². The number of carbonyl (C=O) groups is 8. The van der Waals surface area contributed by atoms with Crippen LogP contribution in [-0.2, 0) is 54.5 Å². The lowest BCUT2D eigenvalue weighted by molar-refractivity contribution is -0.144. The Morgan fingerprint density at radius 1 is 0.571 bits per heavy atom. The zero-order chi connectivity index (χ0) is 60.6. The molecule has 4 aromatic rings. The van der Waals surface area contributed by atoms with Gasteiger partial charge >= 0.3 is 0 Å². The lowest BCUT2D eigenvalue weighted by Crippen LogP contribution is -2.59. The summed E-state index contributed by atoms with van der Waals surface area (Å²) in [7, 11) is 3.33. The third-order valence-corrected chi connectivity index (χ3v) is 17.2. The Bertz CT molecular complexity index is 3110. The van der Waals surface area contributed by atoms with Gasteiger partial charge in [0, 0.05) is 35.8 Å². The number of fused-ring (bicyclic) bond motifs is 2. The zero-order valence-corrected chi connectivity index (χ0v) is 50.5. The number of likely N-dealkylation sites (tertiary alicyclic amines) is 2. The summed E-state index contributed by atoms with van der Waals surface area (Å²) in [5, 5.41) is 21.3. The summed E-state index contributed by atoms with van der Waals surface area (Å²) < 4.78 is 0. The highest BCUT2D eigenvalue weighted by atomic mass is 16.2. The molecular weight excluding hydrogens is 1060 g/mol. The number of hydrogen-bond acceptors (Lipinski definition) is 10. The molecule has 0 aromatic heterocycles. The maximum atomic E-state index is 14.6. The monoisotopic (exact) mass is 1150 g/mol. The van der Waals surface area contributed by atoms with Crippen LogP contribution in [0.2, 0.25) is 0 Å². The topological polar surface area (TPSA) is 240 Å². The summed E-state index contributed by atoms with van der Waals surface area (Å²) in [6, 6.07) is 24.7. The summed E-state index contributed by atoms with van der Waals surface area (Å²) in [6.45, 7) is 14.6. The van der Waals surface area contributed by atoms with Crippen molar-refractivity contribution in [3.8, 4) is 0 Å². The van der Waals surface area contributed by atoms with E-state index in [1.165, 1.54) is 20.9 Å². The first-order valence-electron chi connectivity index (χ1n) is 29.9. The van der Waals surface area contributed by atoms with E-state index in [-0.39, 0.29) is 67.6 Å². The van der Waals surface area contributed by atoms with Gasteiger partial charge in [0.2, 0.25) is 35.4 Å². The maximum Gasteiger partial charge on any atom is 0.276 e. The number of aryl methyl sites for hydroxylation is 4. The minimum atomic E-state index is -0.968. The average Bonchev–Trinajstić information content (AvgIpc) is 3.58. The van der Waals surface area contributed by atoms with Gasteiger partial charge in [0.05, 0.1) is 30.7 Å². The Morgan fingerprint density at radius 3 is 1.50 bits per heavy atom. The highest BCUT2D eigenvalue weighted by Gasteiger charge is 2.47. The number of aliphatic imine (C=N–C) groups is 1. The van der Waals surface area contributed by atoms with E-state index in [1.807, 2.05) is 102 Å². The second-order valence-electron chi connectivity index (χ2n) is 25.4. The summed E-state index contributed by atoms with van der Waals surface area (Å²) in [5.74, 6) is -3.00. The van der Waals surface area contributed by atoms with Crippen molar-refractivity contribution < 1.29 is 38.4 Å². The predicted octanol–water partition coefficient (Wildman–Crippen LogP) is 6.02. The molecule has 2 aliphatic heterocycles. The van der Waals surface area contributed by atoms with Gasteiger partial charge in [0.1, 0.15) is 24.2 Å². The van der Waals surface area contributed by atoms with Gasteiger partial charge in [-0.25, -0.2) is 4.99 Å². The van der Waals surface area contributed by atoms with Crippen LogP contribution in [0.3, 0.4) is 0 Å². The fourth-order valence-corrected chi connectivity index (χ4v) is 11.9. The quantitative estimate of drug-likeness (QED) is 0.0612. The smallest absolute Gasteiger partial charge is 0.276 e. The summed E-state index contributed by atoms with van der Waals surface area (Å²) in [5.41, 5.74) is 6.19. The minimum Gasteiger partial charge on any atom is -0.347 e. The molecule has 4 aromatic carbocycles. The van der Waals surface area contributed by atoms with E-state index < -0.39 is 70.8 Å². The second-order valence-corrected chi connectivity index (χ2v) is 25.4. The summed E-state index contributed by atoms with van der Waals surface area (Å²) >= 11 is 0. The fourth-order valence-electron chi connectivity index (χ4n) is 11.9. The molecule has 0 radical (unpaired) electrons. The normalized spacial score (nSPS) is 21.5. The zero-order valence-electron chi connectivity index (χ0n) is 50.5. The highest BCUT2D eigenvalue weighted by molar-refractivity contribution is 6.09. The third kappa shape index (κ3) is 15.0. The van der Waals surface area contributed by atoms with Gasteiger partial charge in [-0.05, 0) is 154 Å². The number of carbonyl (C=O) groups excluding carboxylic acids is 8. The molecule has 2 heterocycles. The van der Waals surface area contributed by atoms with Crippen molar-refractivity contribution >= 4 is 53.0 Å². The number of likely N-dealkylation sites (N-methyl/N-ethyl adjacent to an activating group) is 2. The molecule has 2 aliphatic carbocycles. The molecule has 7 N–H and O–H groups in total. The van der Waals surface area contributed by atoms with Crippen LogP contribution in [0.5, 0.6) is 0 Å². The molecule has 448 valence electrons. The molecule has 0 saturated carbocycles. The standard InChI is InChI=1S/C66H86N10O8/c1-39(67-9)57(77)73-55(65(3,4)5)63(83)75-37-47(35-53(75)61(81)71-51-23-15-19-43-17-11-13-21-49(43)51)69-59(79)45-31-27-41(28-32-45)25-26-42-29-33-46(34-30-42)60(80)70-48-36-54(62(82)72-52-24-16-20-44-18-12-14-22-50(44)52)76(38-48)64(84)56(66(6,7)8)74-58(78)40(2)68-10/h11-14,17-18,21-22,27-34,39-40,47,51-56,67-68H,15-16,19-20,23-26,35-38H2,1-10H3,(H,69,79)(H,71,81)(H,72,82)(H,73,77)(H,74,78)/b70-48-/t39-,40-,47+,51+,52+,53-,54-,55+,56+/m0/s1. The van der Waals surface area contributed by atoms with E-state index in [4.69, 9.17) is 0 Å².